The van der Waals surface area contributed by atoms with E-state index < -0.39 is 11.6 Å². The molecule has 6 rings (SSSR count). The molecule has 3 aliphatic heterocycles. The first-order valence-electron chi connectivity index (χ1n) is 14.1. The van der Waals surface area contributed by atoms with Crippen LogP contribution in [0.5, 0.6) is 5.75 Å². The molecule has 3 heterocycles. The number of aliphatic imine (C=N–C) groups is 1. The smallest absolute Gasteiger partial charge is 0.260 e. The number of para-hydroxylation sites is 1. The van der Waals surface area contributed by atoms with Gasteiger partial charge in [0.15, 0.2) is 11.6 Å². The van der Waals surface area contributed by atoms with Gasteiger partial charge in [-0.25, -0.2) is 4.99 Å². The minimum atomic E-state index is -1.32. The third-order valence-electron chi connectivity index (χ3n) is 7.84. The predicted octanol–water partition coefficient (Wildman–Crippen LogP) is 3.92. The van der Waals surface area contributed by atoms with Gasteiger partial charge >= 0.3 is 0 Å². The summed E-state index contributed by atoms with van der Waals surface area (Å²) in [5, 5.41) is 9.03. The molecular formula is C32H32BrN3O6. The van der Waals surface area contributed by atoms with Crippen LogP contribution in [0.2, 0.25) is 0 Å². The van der Waals surface area contributed by atoms with Gasteiger partial charge in [0.1, 0.15) is 12.3 Å². The van der Waals surface area contributed by atoms with E-state index in [1.165, 1.54) is 0 Å². The summed E-state index contributed by atoms with van der Waals surface area (Å²) in [6.07, 6.45) is 0.141. The Bertz CT molecular complexity index is 1490. The zero-order valence-corrected chi connectivity index (χ0v) is 24.7. The number of fused-ring (bicyclic) bond motifs is 3. The van der Waals surface area contributed by atoms with Gasteiger partial charge in [0.2, 0.25) is 11.8 Å². The molecule has 218 valence electrons. The summed E-state index contributed by atoms with van der Waals surface area (Å²) in [5.41, 5.74) is 1.76. The maximum absolute atomic E-state index is 14.7. The molecule has 1 N–H and O–H groups in total. The fourth-order valence-corrected chi connectivity index (χ4v) is 6.10. The van der Waals surface area contributed by atoms with Crippen LogP contribution in [0.1, 0.15) is 29.2 Å². The second-order valence-electron chi connectivity index (χ2n) is 10.5. The van der Waals surface area contributed by atoms with Gasteiger partial charge in [-0.2, -0.15) is 0 Å². The third-order valence-corrected chi connectivity index (χ3v) is 8.61. The highest BCUT2D eigenvalue weighted by atomic mass is 79.9. The number of hydrogen-bond acceptors (Lipinski definition) is 7. The number of aliphatic hydroxyl groups excluding tert-OH is 1. The fourth-order valence-electron chi connectivity index (χ4n) is 5.68. The number of aliphatic hydroxyl groups is 1. The van der Waals surface area contributed by atoms with Crippen LogP contribution in [0.15, 0.2) is 82.3 Å². The lowest BCUT2D eigenvalue weighted by Gasteiger charge is -2.42. The van der Waals surface area contributed by atoms with E-state index in [-0.39, 0.29) is 31.4 Å². The molecule has 3 aromatic rings. The van der Waals surface area contributed by atoms with Crippen molar-refractivity contribution in [2.24, 2.45) is 4.99 Å². The van der Waals surface area contributed by atoms with Crippen LogP contribution in [0.3, 0.4) is 0 Å². The normalized spacial score (nSPS) is 21.3. The Labute approximate surface area is 252 Å². The van der Waals surface area contributed by atoms with E-state index >= 15 is 0 Å². The molecule has 2 amide bonds. The zero-order valence-electron chi connectivity index (χ0n) is 23.1. The van der Waals surface area contributed by atoms with E-state index in [2.05, 4.69) is 15.9 Å². The number of morpholine rings is 1. The van der Waals surface area contributed by atoms with E-state index in [4.69, 9.17) is 24.3 Å². The Balaban J connectivity index is 1.40. The largest absolute Gasteiger partial charge is 0.494 e. The molecule has 0 aliphatic carbocycles. The molecule has 3 aromatic carbocycles. The van der Waals surface area contributed by atoms with Gasteiger partial charge in [-0.1, -0.05) is 52.3 Å². The topological polar surface area (TPSA) is 101 Å². The maximum Gasteiger partial charge on any atom is 0.260 e. The highest BCUT2D eigenvalue weighted by molar-refractivity contribution is 9.10. The molecule has 0 saturated carbocycles. The Morgan fingerprint density at radius 1 is 1.05 bits per heavy atom. The van der Waals surface area contributed by atoms with Crippen molar-refractivity contribution in [2.75, 3.05) is 51.0 Å². The third kappa shape index (κ3) is 5.42. The van der Waals surface area contributed by atoms with Crippen LogP contribution in [0.4, 0.5) is 5.69 Å². The number of carbonyl (C=O) groups excluding carboxylic acids is 2. The summed E-state index contributed by atoms with van der Waals surface area (Å²) in [6, 6.07) is 22.7. The number of amides is 2. The van der Waals surface area contributed by atoms with Crippen molar-refractivity contribution in [3.05, 3.63) is 94.0 Å². The minimum absolute atomic E-state index is 0.0638. The number of anilines is 1. The van der Waals surface area contributed by atoms with Crippen LogP contribution < -0.4 is 9.64 Å². The van der Waals surface area contributed by atoms with Crippen LogP contribution in [-0.4, -0.2) is 79.3 Å². The van der Waals surface area contributed by atoms with E-state index in [1.54, 1.807) is 9.80 Å². The second-order valence-corrected chi connectivity index (χ2v) is 11.4. The van der Waals surface area contributed by atoms with Gasteiger partial charge in [0, 0.05) is 48.1 Å². The lowest BCUT2D eigenvalue weighted by Crippen LogP contribution is -2.58. The Morgan fingerprint density at radius 2 is 1.79 bits per heavy atom. The van der Waals surface area contributed by atoms with Crippen molar-refractivity contribution >= 4 is 39.3 Å². The van der Waals surface area contributed by atoms with Crippen molar-refractivity contribution < 1.29 is 28.9 Å². The Morgan fingerprint density at radius 3 is 2.55 bits per heavy atom. The maximum atomic E-state index is 14.7. The number of benzene rings is 3. The molecule has 10 heteroatoms. The lowest BCUT2D eigenvalue weighted by molar-refractivity contribution is -0.136. The van der Waals surface area contributed by atoms with Crippen molar-refractivity contribution in [1.82, 2.24) is 4.90 Å². The monoisotopic (exact) mass is 633 g/mol. The van der Waals surface area contributed by atoms with Crippen molar-refractivity contribution in [3.8, 4) is 5.75 Å². The highest BCUT2D eigenvalue weighted by Gasteiger charge is 2.59. The summed E-state index contributed by atoms with van der Waals surface area (Å²) in [4.78, 5) is 36.5. The van der Waals surface area contributed by atoms with Gasteiger partial charge in [-0.05, 0) is 42.0 Å². The number of rotatable bonds is 9. The SMILES string of the molecule is O=C(CN1C(=O)[C@@]2(Cc3ccccc3Br)N=C(c3ccc(OCCCO)cc3)O[C@H]2c2ccccc21)N1CCOCC1. The molecule has 0 aromatic heterocycles. The van der Waals surface area contributed by atoms with Crippen LogP contribution >= 0.6 is 15.9 Å². The quantitative estimate of drug-likeness (QED) is 0.359. The van der Waals surface area contributed by atoms with E-state index in [0.717, 1.165) is 15.6 Å². The number of ether oxygens (including phenoxy) is 3. The van der Waals surface area contributed by atoms with E-state index in [1.807, 2.05) is 72.8 Å². The van der Waals surface area contributed by atoms with Gasteiger partial charge in [-0.15, -0.1) is 0 Å². The summed E-state index contributed by atoms with van der Waals surface area (Å²) < 4.78 is 18.5. The molecule has 0 radical (unpaired) electrons. The van der Waals surface area contributed by atoms with Gasteiger partial charge < -0.3 is 29.1 Å². The zero-order chi connectivity index (χ0) is 29.1. The number of hydrogen-bond donors (Lipinski definition) is 1. The molecule has 1 fully saturated rings. The predicted molar refractivity (Wildman–Crippen MR) is 161 cm³/mol. The fraction of sp³-hybridized carbons (Fsp3) is 0.344. The van der Waals surface area contributed by atoms with Gasteiger partial charge in [-0.3, -0.25) is 9.59 Å². The molecule has 3 aliphatic rings. The minimum Gasteiger partial charge on any atom is -0.494 e. The molecule has 42 heavy (non-hydrogen) atoms. The lowest BCUT2D eigenvalue weighted by atomic mass is 9.78. The number of nitrogens with zero attached hydrogens (tertiary/aromatic N) is 3. The molecule has 0 unspecified atom stereocenters. The first-order chi connectivity index (χ1) is 20.5. The van der Waals surface area contributed by atoms with Crippen LogP contribution in [0.25, 0.3) is 0 Å². The van der Waals surface area contributed by atoms with E-state index in [0.29, 0.717) is 62.2 Å². The molecule has 0 bridgehead atoms. The average Bonchev–Trinajstić information content (AvgIpc) is 3.42. The van der Waals surface area contributed by atoms with Crippen LogP contribution in [-0.2, 0) is 25.5 Å². The summed E-state index contributed by atoms with van der Waals surface area (Å²) >= 11 is 3.65. The molecule has 2 atom stereocenters. The molecule has 0 spiro atoms. The summed E-state index contributed by atoms with van der Waals surface area (Å²) in [5.74, 6) is 0.622. The van der Waals surface area contributed by atoms with Crippen molar-refractivity contribution in [3.63, 3.8) is 0 Å². The van der Waals surface area contributed by atoms with Crippen molar-refractivity contribution in [2.45, 2.75) is 24.5 Å². The first kappa shape index (κ1) is 28.4. The molecule has 1 saturated heterocycles. The summed E-state index contributed by atoms with van der Waals surface area (Å²) in [7, 11) is 0. The van der Waals surface area contributed by atoms with Crippen LogP contribution in [0, 0.1) is 0 Å². The second kappa shape index (κ2) is 12.2. The average molecular weight is 635 g/mol. The van der Waals surface area contributed by atoms with Crippen molar-refractivity contribution in [1.29, 1.82) is 0 Å². The Hall–Kier alpha value is -3.73. The molecular weight excluding hydrogens is 602 g/mol. The number of halogens is 1. The molecule has 9 nitrogen and oxygen atoms in total. The van der Waals surface area contributed by atoms with Gasteiger partial charge in [0.25, 0.3) is 5.91 Å². The first-order valence-corrected chi connectivity index (χ1v) is 14.9. The van der Waals surface area contributed by atoms with Gasteiger partial charge in [0.05, 0.1) is 25.5 Å². The standard InChI is InChI=1S/C32H32BrN3O6/c33-26-8-3-1-6-23(26)20-32-29(42-30(34-32)22-10-12-24(13-11-22)41-17-5-16-37)25-7-2-4-9-27(25)36(31(32)39)21-28(38)35-14-18-40-19-15-35/h1-4,6-13,29,37H,5,14-21H2/t29-,32-/m0/s1. The Kier molecular flexibility index (Phi) is 8.28. The highest BCUT2D eigenvalue weighted by Crippen LogP contribution is 2.50. The van der Waals surface area contributed by atoms with E-state index in [9.17, 15) is 9.59 Å². The summed E-state index contributed by atoms with van der Waals surface area (Å²) in [6.45, 7) is 2.35. The number of carbonyl (C=O) groups is 2.